The summed E-state index contributed by atoms with van der Waals surface area (Å²) in [6.45, 7) is 6.85. The number of rotatable bonds is 8. The van der Waals surface area contributed by atoms with Gasteiger partial charge in [-0.05, 0) is 68.5 Å². The Morgan fingerprint density at radius 2 is 1.82 bits per heavy atom. The average Bonchev–Trinajstić information content (AvgIpc) is 3.35. The lowest BCUT2D eigenvalue weighted by Crippen LogP contribution is -2.29. The van der Waals surface area contributed by atoms with Gasteiger partial charge in [-0.25, -0.2) is 0 Å². The molecule has 0 spiro atoms. The van der Waals surface area contributed by atoms with Gasteiger partial charge in [-0.15, -0.1) is 0 Å². The lowest BCUT2D eigenvalue weighted by molar-refractivity contribution is -0.122. The lowest BCUT2D eigenvalue weighted by atomic mass is 10.0. The molecule has 0 saturated carbocycles. The number of nitrogens with one attached hydrogen (secondary N) is 1. The fourth-order valence-corrected chi connectivity index (χ4v) is 5.47. The molecule has 2 amide bonds. The molecule has 2 aromatic rings. The lowest BCUT2D eigenvalue weighted by Gasteiger charge is -2.14. The molecule has 0 bridgehead atoms. The average molecular weight is 497 g/mol. The smallest absolute Gasteiger partial charge is 0.266 e. The van der Waals surface area contributed by atoms with Crippen LogP contribution in [0.1, 0.15) is 47.9 Å². The summed E-state index contributed by atoms with van der Waals surface area (Å²) in [7, 11) is 0. The largest absolute Gasteiger partial charge is 0.454 e. The molecule has 2 aromatic carbocycles. The van der Waals surface area contributed by atoms with Gasteiger partial charge in [0, 0.05) is 18.7 Å². The molecular weight excluding hydrogens is 468 g/mol. The Balaban J connectivity index is 1.23. The zero-order valence-electron chi connectivity index (χ0n) is 19.6. The van der Waals surface area contributed by atoms with Crippen molar-refractivity contribution in [2.75, 3.05) is 18.7 Å². The Hall–Kier alpha value is -2.84. The highest BCUT2D eigenvalue weighted by Gasteiger charge is 2.31. The van der Waals surface area contributed by atoms with Crippen LogP contribution < -0.4 is 14.8 Å². The van der Waals surface area contributed by atoms with E-state index in [4.69, 9.17) is 21.7 Å². The van der Waals surface area contributed by atoms with E-state index < -0.39 is 0 Å². The van der Waals surface area contributed by atoms with Gasteiger partial charge in [0.15, 0.2) is 11.5 Å². The molecule has 1 saturated heterocycles. The van der Waals surface area contributed by atoms with Crippen molar-refractivity contribution in [3.8, 4) is 11.5 Å². The van der Waals surface area contributed by atoms with Crippen molar-refractivity contribution in [1.82, 2.24) is 4.90 Å². The van der Waals surface area contributed by atoms with E-state index in [2.05, 4.69) is 24.4 Å². The van der Waals surface area contributed by atoms with E-state index in [9.17, 15) is 9.59 Å². The van der Waals surface area contributed by atoms with Crippen molar-refractivity contribution >= 4 is 51.9 Å². The summed E-state index contributed by atoms with van der Waals surface area (Å²) in [4.78, 5) is 27.5. The quantitative estimate of drug-likeness (QED) is 0.286. The van der Waals surface area contributed by atoms with Crippen LogP contribution in [-0.4, -0.2) is 34.4 Å². The van der Waals surface area contributed by atoms with Gasteiger partial charge >= 0.3 is 0 Å². The summed E-state index contributed by atoms with van der Waals surface area (Å²) in [5, 5.41) is 3.04. The number of anilines is 1. The number of benzene rings is 2. The van der Waals surface area contributed by atoms with E-state index in [1.54, 1.807) is 4.90 Å². The van der Waals surface area contributed by atoms with Gasteiger partial charge < -0.3 is 14.8 Å². The monoisotopic (exact) mass is 496 g/mol. The fourth-order valence-electron chi connectivity index (χ4n) is 4.16. The zero-order valence-corrected chi connectivity index (χ0v) is 21.2. The minimum Gasteiger partial charge on any atom is -0.454 e. The van der Waals surface area contributed by atoms with Crippen LogP contribution in [0.3, 0.4) is 0 Å². The van der Waals surface area contributed by atoms with Gasteiger partial charge in [0.25, 0.3) is 5.91 Å². The van der Waals surface area contributed by atoms with Crippen molar-refractivity contribution in [3.05, 3.63) is 57.5 Å². The summed E-state index contributed by atoms with van der Waals surface area (Å²) in [5.74, 6) is 1.34. The van der Waals surface area contributed by atoms with E-state index in [0.717, 1.165) is 41.6 Å². The van der Waals surface area contributed by atoms with Gasteiger partial charge in [0.1, 0.15) is 4.32 Å². The molecule has 2 heterocycles. The van der Waals surface area contributed by atoms with Gasteiger partial charge in [-0.2, -0.15) is 0 Å². The standard InChI is InChI=1S/C26H28N2O4S2/c1-16-11-17(2)24(18(3)12-16)27-23(29)7-5-4-6-10-28-25(30)22(34-26(28)33)14-19-8-9-20-21(13-19)32-15-31-20/h8-9,11-14H,4-7,10,15H2,1-3H3,(H,27,29)/b22-14-. The number of nitrogens with zero attached hydrogens (tertiary/aromatic N) is 1. The first-order valence-corrected chi connectivity index (χ1v) is 12.6. The number of aryl methyl sites for hydroxylation is 3. The van der Waals surface area contributed by atoms with Crippen molar-refractivity contribution < 1.29 is 19.1 Å². The second kappa shape index (κ2) is 10.6. The van der Waals surface area contributed by atoms with Gasteiger partial charge in [-0.1, -0.05) is 54.2 Å². The first-order valence-electron chi connectivity index (χ1n) is 11.3. The Morgan fingerprint density at radius 1 is 1.09 bits per heavy atom. The Bertz CT molecular complexity index is 1150. The fraction of sp³-hybridized carbons (Fsp3) is 0.346. The number of unbranched alkanes of at least 4 members (excludes halogenated alkanes) is 2. The number of carbonyl (C=O) groups excluding carboxylic acids is 2. The van der Waals surface area contributed by atoms with E-state index >= 15 is 0 Å². The number of amides is 2. The van der Waals surface area contributed by atoms with E-state index in [0.29, 0.717) is 33.7 Å². The van der Waals surface area contributed by atoms with Crippen LogP contribution in [0.2, 0.25) is 0 Å². The van der Waals surface area contributed by atoms with Crippen molar-refractivity contribution in [2.45, 2.75) is 46.5 Å². The first kappa shape index (κ1) is 24.3. The molecule has 2 aliphatic heterocycles. The van der Waals surface area contributed by atoms with E-state index in [1.165, 1.54) is 17.3 Å². The summed E-state index contributed by atoms with van der Waals surface area (Å²) in [6, 6.07) is 9.74. The Labute approximate surface area is 209 Å². The summed E-state index contributed by atoms with van der Waals surface area (Å²) in [5.41, 5.74) is 5.12. The molecule has 0 unspecified atom stereocenters. The molecule has 0 aromatic heterocycles. The SMILES string of the molecule is Cc1cc(C)c(NC(=O)CCCCCN2C(=O)/C(=C/c3ccc4c(c3)OCO4)SC2=S)c(C)c1. The number of carbonyl (C=O) groups is 2. The van der Waals surface area contributed by atoms with Crippen LogP contribution in [0.15, 0.2) is 35.2 Å². The molecule has 8 heteroatoms. The summed E-state index contributed by atoms with van der Waals surface area (Å²) in [6.07, 6.45) is 4.69. The predicted molar refractivity (Wildman–Crippen MR) is 140 cm³/mol. The highest BCUT2D eigenvalue weighted by molar-refractivity contribution is 8.26. The topological polar surface area (TPSA) is 67.9 Å². The maximum absolute atomic E-state index is 12.8. The van der Waals surface area contributed by atoms with Crippen LogP contribution in [0, 0.1) is 20.8 Å². The third-order valence-electron chi connectivity index (χ3n) is 5.79. The van der Waals surface area contributed by atoms with E-state index in [-0.39, 0.29) is 18.6 Å². The van der Waals surface area contributed by atoms with Gasteiger partial charge in [0.2, 0.25) is 12.7 Å². The molecule has 0 atom stereocenters. The molecule has 2 aliphatic rings. The molecule has 0 aliphatic carbocycles. The normalized spacial score (nSPS) is 16.0. The van der Waals surface area contributed by atoms with Gasteiger partial charge in [0.05, 0.1) is 4.91 Å². The minimum absolute atomic E-state index is 0.0207. The highest BCUT2D eigenvalue weighted by Crippen LogP contribution is 2.36. The van der Waals surface area contributed by atoms with Crippen molar-refractivity contribution in [2.24, 2.45) is 0 Å². The summed E-state index contributed by atoms with van der Waals surface area (Å²) >= 11 is 6.75. The number of ether oxygens (including phenoxy) is 2. The summed E-state index contributed by atoms with van der Waals surface area (Å²) < 4.78 is 11.3. The maximum Gasteiger partial charge on any atom is 0.266 e. The number of fused-ring (bicyclic) bond motifs is 1. The first-order chi connectivity index (χ1) is 16.3. The van der Waals surface area contributed by atoms with Crippen LogP contribution in [-0.2, 0) is 9.59 Å². The Kier molecular flexibility index (Phi) is 7.58. The maximum atomic E-state index is 12.8. The molecular formula is C26H28N2O4S2. The van der Waals surface area contributed by atoms with Crippen molar-refractivity contribution in [3.63, 3.8) is 0 Å². The highest BCUT2D eigenvalue weighted by atomic mass is 32.2. The number of thiocarbonyl (C=S) groups is 1. The predicted octanol–water partition coefficient (Wildman–Crippen LogP) is 5.74. The third kappa shape index (κ3) is 5.62. The number of thioether (sulfide) groups is 1. The van der Waals surface area contributed by atoms with Crippen LogP contribution in [0.25, 0.3) is 6.08 Å². The molecule has 178 valence electrons. The number of hydrogen-bond acceptors (Lipinski definition) is 6. The molecule has 1 fully saturated rings. The second-order valence-corrected chi connectivity index (χ2v) is 10.3. The van der Waals surface area contributed by atoms with Crippen LogP contribution in [0.4, 0.5) is 5.69 Å². The van der Waals surface area contributed by atoms with Crippen LogP contribution in [0.5, 0.6) is 11.5 Å². The third-order valence-corrected chi connectivity index (χ3v) is 7.17. The van der Waals surface area contributed by atoms with Gasteiger partial charge in [-0.3, -0.25) is 14.5 Å². The van der Waals surface area contributed by atoms with E-state index in [1.807, 2.05) is 38.1 Å². The minimum atomic E-state index is -0.0734. The molecule has 6 nitrogen and oxygen atoms in total. The molecule has 1 N–H and O–H groups in total. The Morgan fingerprint density at radius 3 is 2.59 bits per heavy atom. The second-order valence-electron chi connectivity index (χ2n) is 8.58. The van der Waals surface area contributed by atoms with Crippen LogP contribution >= 0.6 is 24.0 Å². The molecule has 4 rings (SSSR count). The molecule has 0 radical (unpaired) electrons. The zero-order chi connectivity index (χ0) is 24.2. The number of hydrogen-bond donors (Lipinski definition) is 1. The van der Waals surface area contributed by atoms with Crippen molar-refractivity contribution in [1.29, 1.82) is 0 Å². The molecule has 34 heavy (non-hydrogen) atoms.